The van der Waals surface area contributed by atoms with Crippen molar-refractivity contribution in [3.8, 4) is 22.2 Å². The van der Waals surface area contributed by atoms with Gasteiger partial charge >= 0.3 is 0 Å². The van der Waals surface area contributed by atoms with Crippen molar-refractivity contribution in [2.24, 2.45) is 0 Å². The fraction of sp³-hybridized carbons (Fsp3) is 0.208. The van der Waals surface area contributed by atoms with Crippen LogP contribution in [0.4, 0.5) is 23.0 Å². The van der Waals surface area contributed by atoms with Crippen LogP contribution in [-0.4, -0.2) is 99.2 Å². The number of anilines is 4. The molecule has 1 aromatic carbocycles. The molecular formula is C24H22B3N9O4S. The number of thiazole rings is 1. The zero-order valence-electron chi connectivity index (χ0n) is 22.5. The van der Waals surface area contributed by atoms with Crippen molar-refractivity contribution in [1.29, 1.82) is 0 Å². The van der Waals surface area contributed by atoms with Gasteiger partial charge < -0.3 is 30.3 Å². The van der Waals surface area contributed by atoms with Crippen molar-refractivity contribution in [3.63, 3.8) is 0 Å². The third-order valence-electron chi connectivity index (χ3n) is 5.29. The average Bonchev–Trinajstić information content (AvgIpc) is 3.42. The van der Waals surface area contributed by atoms with Gasteiger partial charge in [-0.15, -0.1) is 31.7 Å². The molecule has 0 unspecified atom stereocenters. The van der Waals surface area contributed by atoms with E-state index >= 15 is 0 Å². The Hall–Kier alpha value is -4.66. The van der Waals surface area contributed by atoms with Crippen LogP contribution < -0.4 is 25.4 Å². The van der Waals surface area contributed by atoms with E-state index in [1.54, 1.807) is 49.8 Å². The molecule has 0 saturated heterocycles. The van der Waals surface area contributed by atoms with Crippen LogP contribution in [0, 0.1) is 0 Å². The minimum absolute atomic E-state index is 0.164. The summed E-state index contributed by atoms with van der Waals surface area (Å²) in [5, 5.41) is 24.6. The molecule has 17 heteroatoms. The lowest BCUT2D eigenvalue weighted by molar-refractivity contribution is 0.0822. The van der Waals surface area contributed by atoms with Gasteiger partial charge in [-0.2, -0.15) is 0 Å². The molecule has 0 aliphatic heterocycles. The van der Waals surface area contributed by atoms with Gasteiger partial charge in [0.15, 0.2) is 23.1 Å². The van der Waals surface area contributed by atoms with Gasteiger partial charge in [-0.25, -0.2) is 4.98 Å². The van der Waals surface area contributed by atoms with Gasteiger partial charge in [0.2, 0.25) is 5.88 Å². The van der Waals surface area contributed by atoms with Crippen molar-refractivity contribution in [2.75, 3.05) is 38.9 Å². The molecule has 4 aromatic rings. The zero-order chi connectivity index (χ0) is 29.7. The van der Waals surface area contributed by atoms with Crippen molar-refractivity contribution in [3.05, 3.63) is 53.2 Å². The minimum atomic E-state index is -2.00. The summed E-state index contributed by atoms with van der Waals surface area (Å²) in [6.07, 6.45) is 0. The highest BCUT2D eigenvalue weighted by Gasteiger charge is 2.23. The highest BCUT2D eigenvalue weighted by Crippen LogP contribution is 2.39. The van der Waals surface area contributed by atoms with E-state index in [-0.39, 0.29) is 23.1 Å². The summed E-state index contributed by atoms with van der Waals surface area (Å²) in [7, 11) is 23.0. The Kier molecular flexibility index (Phi) is 8.76. The molecule has 0 fully saturated rings. The predicted octanol–water partition coefficient (Wildman–Crippen LogP) is 1.44. The van der Waals surface area contributed by atoms with Crippen molar-refractivity contribution in [2.45, 2.75) is 5.24 Å². The fourth-order valence-corrected chi connectivity index (χ4v) is 4.31. The van der Waals surface area contributed by atoms with Crippen LogP contribution >= 0.6 is 11.3 Å². The molecule has 4 rings (SSSR count). The quantitative estimate of drug-likeness (QED) is 0.239. The molecule has 0 atom stereocenters. The van der Waals surface area contributed by atoms with Gasteiger partial charge in [0.1, 0.15) is 10.7 Å². The molecule has 41 heavy (non-hydrogen) atoms. The first kappa shape index (κ1) is 29.3. The molecule has 2 amide bonds. The Morgan fingerprint density at radius 2 is 1.68 bits per heavy atom. The lowest BCUT2D eigenvalue weighted by Gasteiger charge is -2.23. The molecule has 3 aromatic heterocycles. The van der Waals surface area contributed by atoms with Crippen molar-refractivity contribution >= 4 is 69.7 Å². The normalized spacial score (nSPS) is 10.9. The largest absolute Gasteiger partial charge is 0.494 e. The SMILES string of the molecule is [B]C([B])([B])NC(=O)c1nnc(Nc2ccc(OC)nn2)cc1Nc1cccc(-c2nc(C(=O)N(C)C)cs2)c1OC. The number of nitrogens with zero attached hydrogens (tertiary/aromatic N) is 6. The monoisotopic (exact) mass is 565 g/mol. The van der Waals surface area contributed by atoms with Crippen LogP contribution in [0.5, 0.6) is 11.6 Å². The summed E-state index contributed by atoms with van der Waals surface area (Å²) in [4.78, 5) is 31.2. The molecule has 6 radical (unpaired) electrons. The number of carbonyl (C=O) groups excluding carboxylic acids is 2. The van der Waals surface area contributed by atoms with Crippen LogP contribution in [0.3, 0.4) is 0 Å². The van der Waals surface area contributed by atoms with Gasteiger partial charge in [-0.05, 0) is 18.2 Å². The van der Waals surface area contributed by atoms with E-state index < -0.39 is 11.1 Å². The van der Waals surface area contributed by atoms with Crippen LogP contribution in [0.25, 0.3) is 10.6 Å². The summed E-state index contributed by atoms with van der Waals surface area (Å²) in [6.45, 7) is 0. The molecule has 202 valence electrons. The zero-order valence-corrected chi connectivity index (χ0v) is 23.3. The average molecular weight is 565 g/mol. The summed E-state index contributed by atoms with van der Waals surface area (Å²) in [6, 6.07) is 10.0. The Labute approximate surface area is 243 Å². The van der Waals surface area contributed by atoms with Gasteiger partial charge in [0.25, 0.3) is 11.8 Å². The van der Waals surface area contributed by atoms with Gasteiger partial charge in [0, 0.05) is 31.6 Å². The van der Waals surface area contributed by atoms with E-state index in [1.165, 1.54) is 36.5 Å². The molecule has 3 N–H and O–H groups in total. The maximum Gasteiger partial charge on any atom is 0.272 e. The molecule has 0 aliphatic carbocycles. The Morgan fingerprint density at radius 3 is 2.32 bits per heavy atom. The molecular weight excluding hydrogens is 543 g/mol. The van der Waals surface area contributed by atoms with E-state index in [0.29, 0.717) is 39.4 Å². The number of nitrogens with one attached hydrogen (secondary N) is 3. The number of benzene rings is 1. The second-order valence-electron chi connectivity index (χ2n) is 8.71. The van der Waals surface area contributed by atoms with E-state index in [9.17, 15) is 9.59 Å². The Bertz CT molecular complexity index is 1560. The van der Waals surface area contributed by atoms with E-state index in [2.05, 4.69) is 41.3 Å². The topological polar surface area (TPSA) is 156 Å². The second-order valence-corrected chi connectivity index (χ2v) is 9.57. The standard InChI is InChI=1S/C24H22B3N9O4S/c1-36(2)23(38)15-11-41-22(29-15)12-6-5-7-13(20(12)40-4)28-14-10-17(30-16-8-9-18(39-3)34-32-16)33-35-19(14)21(37)31-24(25,26)27/h5-11H,1-4H3,(H,31,37)(H2,28,30,32,33). The molecule has 0 spiro atoms. The number of carbonyl (C=O) groups is 2. The fourth-order valence-electron chi connectivity index (χ4n) is 3.49. The van der Waals surface area contributed by atoms with E-state index in [1.807, 2.05) is 0 Å². The first-order chi connectivity index (χ1) is 19.5. The van der Waals surface area contributed by atoms with E-state index in [4.69, 9.17) is 33.0 Å². The Balaban J connectivity index is 1.73. The van der Waals surface area contributed by atoms with Gasteiger partial charge in [-0.3, -0.25) is 9.59 Å². The van der Waals surface area contributed by atoms with Crippen LogP contribution in [-0.2, 0) is 0 Å². The number of para-hydroxylation sites is 1. The smallest absolute Gasteiger partial charge is 0.272 e. The molecule has 3 heterocycles. The third-order valence-corrected chi connectivity index (χ3v) is 6.17. The number of methoxy groups -OCH3 is 2. The van der Waals surface area contributed by atoms with Gasteiger partial charge in [-0.1, -0.05) is 11.3 Å². The summed E-state index contributed by atoms with van der Waals surface area (Å²) in [5.41, 5.74) is 1.41. The van der Waals surface area contributed by atoms with Crippen LogP contribution in [0.1, 0.15) is 21.0 Å². The molecule has 0 bridgehead atoms. The van der Waals surface area contributed by atoms with Gasteiger partial charge in [0.05, 0.1) is 54.7 Å². The molecule has 0 saturated carbocycles. The van der Waals surface area contributed by atoms with Crippen molar-refractivity contribution in [1.82, 2.24) is 35.6 Å². The lowest BCUT2D eigenvalue weighted by atomic mass is 9.49. The van der Waals surface area contributed by atoms with E-state index in [0.717, 1.165) is 0 Å². The summed E-state index contributed by atoms with van der Waals surface area (Å²) >= 11 is 1.29. The third kappa shape index (κ3) is 7.11. The highest BCUT2D eigenvalue weighted by molar-refractivity contribution is 7.13. The summed E-state index contributed by atoms with van der Waals surface area (Å²) < 4.78 is 10.7. The second kappa shape index (κ2) is 12.2. The van der Waals surface area contributed by atoms with Crippen LogP contribution in [0.2, 0.25) is 0 Å². The molecule has 0 aliphatic rings. The van der Waals surface area contributed by atoms with Crippen LogP contribution in [0.15, 0.2) is 41.8 Å². The number of ether oxygens (including phenoxy) is 2. The predicted molar refractivity (Wildman–Crippen MR) is 157 cm³/mol. The number of amides is 2. The maximum absolute atomic E-state index is 13.0. The minimum Gasteiger partial charge on any atom is -0.494 e. The first-order valence-electron chi connectivity index (χ1n) is 11.8. The number of hydrogen-bond donors (Lipinski definition) is 3. The Morgan fingerprint density at radius 1 is 0.927 bits per heavy atom. The highest BCUT2D eigenvalue weighted by atomic mass is 32.1. The van der Waals surface area contributed by atoms with Crippen molar-refractivity contribution < 1.29 is 19.1 Å². The first-order valence-corrected chi connectivity index (χ1v) is 12.7. The lowest BCUT2D eigenvalue weighted by Crippen LogP contribution is -2.50. The number of rotatable bonds is 10. The molecule has 13 nitrogen and oxygen atoms in total. The summed E-state index contributed by atoms with van der Waals surface area (Å²) in [5.74, 6) is 0.289. The number of hydrogen-bond acceptors (Lipinski definition) is 12. The number of aromatic nitrogens is 5. The maximum atomic E-state index is 13.0.